The highest BCUT2D eigenvalue weighted by Gasteiger charge is 2.43. The molecule has 6 heteroatoms. The molecule has 0 aliphatic heterocycles. The number of hydrogen-bond donors (Lipinski definition) is 1. The van der Waals surface area contributed by atoms with Crippen LogP contribution in [-0.4, -0.2) is 18.2 Å². The fraction of sp³-hybridized carbons (Fsp3) is 0.462. The molecule has 0 aromatic heterocycles. The van der Waals surface area contributed by atoms with Crippen molar-refractivity contribution in [2.75, 3.05) is 7.11 Å². The highest BCUT2D eigenvalue weighted by molar-refractivity contribution is 5.78. The number of carboxylic acid groups (broad SMARTS) is 1. The topological polar surface area (TPSA) is 46.5 Å². The number of halogens is 3. The van der Waals surface area contributed by atoms with Crippen molar-refractivity contribution in [1.82, 2.24) is 0 Å². The van der Waals surface area contributed by atoms with E-state index in [0.717, 1.165) is 6.07 Å². The quantitative estimate of drug-likeness (QED) is 0.916. The molecular formula is C13H13F3O3. The second kappa shape index (κ2) is 4.75. The van der Waals surface area contributed by atoms with Crippen LogP contribution in [0.1, 0.15) is 29.9 Å². The average molecular weight is 274 g/mol. The zero-order valence-electron chi connectivity index (χ0n) is 10.2. The molecule has 1 atom stereocenters. The molecule has 0 bridgehead atoms. The van der Waals surface area contributed by atoms with Crippen LogP contribution in [0.3, 0.4) is 0 Å². The highest BCUT2D eigenvalue weighted by Crippen LogP contribution is 2.47. The Morgan fingerprint density at radius 2 is 2.05 bits per heavy atom. The molecule has 2 rings (SSSR count). The van der Waals surface area contributed by atoms with Gasteiger partial charge in [-0.2, -0.15) is 13.2 Å². The fourth-order valence-electron chi connectivity index (χ4n) is 2.20. The van der Waals surface area contributed by atoms with E-state index in [1.165, 1.54) is 19.2 Å². The van der Waals surface area contributed by atoms with Crippen LogP contribution in [0.25, 0.3) is 0 Å². The summed E-state index contributed by atoms with van der Waals surface area (Å²) in [7, 11) is 1.27. The minimum atomic E-state index is -4.59. The third kappa shape index (κ3) is 2.83. The summed E-state index contributed by atoms with van der Waals surface area (Å²) >= 11 is 0. The minimum absolute atomic E-state index is 0.0658. The Morgan fingerprint density at radius 3 is 2.47 bits per heavy atom. The molecular weight excluding hydrogens is 261 g/mol. The predicted octanol–water partition coefficient (Wildman–Crippen LogP) is 3.29. The summed E-state index contributed by atoms with van der Waals surface area (Å²) in [5.74, 6) is -2.44. The number of carboxylic acids is 1. The van der Waals surface area contributed by atoms with Gasteiger partial charge < -0.3 is 9.84 Å². The van der Waals surface area contributed by atoms with Gasteiger partial charge in [-0.25, -0.2) is 0 Å². The van der Waals surface area contributed by atoms with E-state index in [0.29, 0.717) is 12.8 Å². The lowest BCUT2D eigenvalue weighted by molar-refractivity contribution is -0.142. The number of rotatable bonds is 4. The normalized spacial score (nSPS) is 17.1. The molecule has 0 amide bonds. The first-order chi connectivity index (χ1) is 8.84. The molecule has 1 aromatic rings. The molecule has 0 radical (unpaired) electrons. The number of carbonyl (C=O) groups is 1. The van der Waals surface area contributed by atoms with Crippen LogP contribution in [0.4, 0.5) is 13.2 Å². The largest absolute Gasteiger partial charge is 0.497 e. The van der Waals surface area contributed by atoms with E-state index < -0.39 is 23.6 Å². The van der Waals surface area contributed by atoms with E-state index in [9.17, 15) is 18.0 Å². The summed E-state index contributed by atoms with van der Waals surface area (Å²) in [5, 5.41) is 9.16. The van der Waals surface area contributed by atoms with Crippen LogP contribution >= 0.6 is 0 Å². The van der Waals surface area contributed by atoms with E-state index in [-0.39, 0.29) is 17.2 Å². The van der Waals surface area contributed by atoms with Crippen LogP contribution in [0, 0.1) is 5.92 Å². The standard InChI is InChI=1S/C13H13F3O3/c1-19-8-4-5-9(10(6-8)13(14,15)16)11(12(17)18)7-2-3-7/h4-7,11H,2-3H2,1H3,(H,17,18). The van der Waals surface area contributed by atoms with Crippen molar-refractivity contribution in [3.8, 4) is 5.75 Å². The van der Waals surface area contributed by atoms with Gasteiger partial charge >= 0.3 is 12.1 Å². The first-order valence-electron chi connectivity index (χ1n) is 5.82. The maximum atomic E-state index is 13.0. The maximum absolute atomic E-state index is 13.0. The molecule has 1 saturated carbocycles. The molecule has 3 nitrogen and oxygen atoms in total. The smallest absolute Gasteiger partial charge is 0.416 e. The number of aliphatic carboxylic acids is 1. The van der Waals surface area contributed by atoms with Gasteiger partial charge in [0.15, 0.2) is 0 Å². The summed E-state index contributed by atoms with van der Waals surface area (Å²) in [6.07, 6.45) is -3.28. The second-order valence-corrected chi connectivity index (χ2v) is 4.60. The van der Waals surface area contributed by atoms with Gasteiger partial charge in [-0.15, -0.1) is 0 Å². The first kappa shape index (κ1) is 13.7. The van der Waals surface area contributed by atoms with Gasteiger partial charge in [-0.05, 0) is 36.5 Å². The molecule has 0 saturated heterocycles. The van der Waals surface area contributed by atoms with Crippen LogP contribution in [0.2, 0.25) is 0 Å². The highest BCUT2D eigenvalue weighted by atomic mass is 19.4. The number of hydrogen-bond acceptors (Lipinski definition) is 2. The van der Waals surface area contributed by atoms with Gasteiger partial charge in [0.05, 0.1) is 18.6 Å². The SMILES string of the molecule is COc1ccc(C(C(=O)O)C2CC2)c(C(F)(F)F)c1. The Kier molecular flexibility index (Phi) is 3.43. The van der Waals surface area contributed by atoms with Gasteiger partial charge in [0.1, 0.15) is 5.75 Å². The predicted molar refractivity (Wildman–Crippen MR) is 61.1 cm³/mol. The molecule has 1 aromatic carbocycles. The van der Waals surface area contributed by atoms with Crippen molar-refractivity contribution >= 4 is 5.97 Å². The maximum Gasteiger partial charge on any atom is 0.416 e. The summed E-state index contributed by atoms with van der Waals surface area (Å²) in [6.45, 7) is 0. The Labute approximate surface area is 108 Å². The molecule has 0 heterocycles. The summed E-state index contributed by atoms with van der Waals surface area (Å²) < 4.78 is 43.8. The number of methoxy groups -OCH3 is 1. The Balaban J connectivity index is 2.51. The van der Waals surface area contributed by atoms with Crippen LogP contribution in [0.5, 0.6) is 5.75 Å². The van der Waals surface area contributed by atoms with Crippen molar-refractivity contribution in [2.45, 2.75) is 24.9 Å². The van der Waals surface area contributed by atoms with Crippen molar-refractivity contribution in [1.29, 1.82) is 0 Å². The Hall–Kier alpha value is -1.72. The van der Waals surface area contributed by atoms with Crippen LogP contribution in [0.15, 0.2) is 18.2 Å². The van der Waals surface area contributed by atoms with Gasteiger partial charge in [0.25, 0.3) is 0 Å². The number of ether oxygens (including phenoxy) is 1. The lowest BCUT2D eigenvalue weighted by atomic mass is 9.90. The van der Waals surface area contributed by atoms with E-state index in [4.69, 9.17) is 9.84 Å². The molecule has 104 valence electrons. The molecule has 0 spiro atoms. The molecule has 1 fully saturated rings. The van der Waals surface area contributed by atoms with Gasteiger partial charge in [0, 0.05) is 0 Å². The van der Waals surface area contributed by atoms with Crippen LogP contribution < -0.4 is 4.74 Å². The average Bonchev–Trinajstić information content (AvgIpc) is 3.12. The lowest BCUT2D eigenvalue weighted by Gasteiger charge is -2.19. The van der Waals surface area contributed by atoms with Crippen molar-refractivity contribution in [2.24, 2.45) is 5.92 Å². The monoisotopic (exact) mass is 274 g/mol. The van der Waals surface area contributed by atoms with Crippen LogP contribution in [-0.2, 0) is 11.0 Å². The Morgan fingerprint density at radius 1 is 1.42 bits per heavy atom. The molecule has 1 unspecified atom stereocenters. The first-order valence-corrected chi connectivity index (χ1v) is 5.82. The molecule has 1 N–H and O–H groups in total. The summed E-state index contributed by atoms with van der Waals surface area (Å²) in [4.78, 5) is 11.2. The van der Waals surface area contributed by atoms with Gasteiger partial charge in [0.2, 0.25) is 0 Å². The fourth-order valence-corrected chi connectivity index (χ4v) is 2.20. The summed E-state index contributed by atoms with van der Waals surface area (Å²) in [6, 6.07) is 3.43. The number of benzene rings is 1. The molecule has 19 heavy (non-hydrogen) atoms. The van der Waals surface area contributed by atoms with Crippen molar-refractivity contribution in [3.63, 3.8) is 0 Å². The zero-order valence-corrected chi connectivity index (χ0v) is 10.2. The van der Waals surface area contributed by atoms with E-state index in [1.807, 2.05) is 0 Å². The van der Waals surface area contributed by atoms with E-state index in [2.05, 4.69) is 0 Å². The van der Waals surface area contributed by atoms with E-state index in [1.54, 1.807) is 0 Å². The minimum Gasteiger partial charge on any atom is -0.497 e. The van der Waals surface area contributed by atoms with Gasteiger partial charge in [-0.1, -0.05) is 6.07 Å². The zero-order chi connectivity index (χ0) is 14.2. The van der Waals surface area contributed by atoms with Crippen molar-refractivity contribution < 1.29 is 27.8 Å². The second-order valence-electron chi connectivity index (χ2n) is 4.60. The third-order valence-electron chi connectivity index (χ3n) is 3.26. The Bertz CT molecular complexity index is 492. The summed E-state index contributed by atoms with van der Waals surface area (Å²) in [5.41, 5.74) is -1.10. The lowest BCUT2D eigenvalue weighted by Crippen LogP contribution is -2.19. The number of alkyl halides is 3. The molecule has 1 aliphatic carbocycles. The van der Waals surface area contributed by atoms with E-state index >= 15 is 0 Å². The third-order valence-corrected chi connectivity index (χ3v) is 3.26. The van der Waals surface area contributed by atoms with Gasteiger partial charge in [-0.3, -0.25) is 4.79 Å². The van der Waals surface area contributed by atoms with Crippen molar-refractivity contribution in [3.05, 3.63) is 29.3 Å². The molecule has 1 aliphatic rings.